The number of ketones is 1. The third kappa shape index (κ3) is 4.86. The fraction of sp³-hybridized carbons (Fsp3) is 0.812. The van der Waals surface area contributed by atoms with Crippen molar-refractivity contribution < 1.29 is 28.5 Å². The van der Waals surface area contributed by atoms with Gasteiger partial charge in [0.2, 0.25) is 0 Å². The number of methoxy groups -OCH3 is 1. The van der Waals surface area contributed by atoms with E-state index in [-0.39, 0.29) is 43.6 Å². The molecular weight excluding hydrogens is 288 g/mol. The van der Waals surface area contributed by atoms with Gasteiger partial charge in [-0.3, -0.25) is 4.79 Å². The van der Waals surface area contributed by atoms with Crippen molar-refractivity contribution in [2.75, 3.05) is 27.1 Å². The molecule has 0 bridgehead atoms. The maximum Gasteiger partial charge on any atom is 0.190 e. The van der Waals surface area contributed by atoms with Gasteiger partial charge in [0.25, 0.3) is 0 Å². The van der Waals surface area contributed by atoms with Gasteiger partial charge in [0.15, 0.2) is 12.1 Å². The minimum Gasteiger partial charge on any atom is -0.359 e. The lowest BCUT2D eigenvalue weighted by molar-refractivity contribution is -0.169. The average Bonchev–Trinajstić information content (AvgIpc) is 3.34. The Morgan fingerprint density at radius 3 is 2.91 bits per heavy atom. The molecule has 126 valence electrons. The Hall–Kier alpha value is -0.790. The maximum absolute atomic E-state index is 12.1. The molecule has 0 aromatic rings. The van der Waals surface area contributed by atoms with Crippen molar-refractivity contribution in [3.05, 3.63) is 12.7 Å². The minimum absolute atomic E-state index is 0.0191. The first kappa shape index (κ1) is 17.6. The molecule has 6 nitrogen and oxygen atoms in total. The Morgan fingerprint density at radius 2 is 2.27 bits per heavy atom. The van der Waals surface area contributed by atoms with Crippen LogP contribution in [0.5, 0.6) is 0 Å². The molecule has 0 amide bonds. The van der Waals surface area contributed by atoms with Gasteiger partial charge in [0, 0.05) is 19.6 Å². The summed E-state index contributed by atoms with van der Waals surface area (Å²) in [5.41, 5.74) is 0. The van der Waals surface area contributed by atoms with E-state index < -0.39 is 6.10 Å². The minimum atomic E-state index is -0.465. The summed E-state index contributed by atoms with van der Waals surface area (Å²) < 4.78 is 27.0. The van der Waals surface area contributed by atoms with Crippen LogP contribution in [0.15, 0.2) is 12.7 Å². The zero-order chi connectivity index (χ0) is 15.9. The lowest BCUT2D eigenvalue weighted by Gasteiger charge is -2.22. The number of carbonyl (C=O) groups is 1. The summed E-state index contributed by atoms with van der Waals surface area (Å²) in [5.74, 6) is 0.00185. The second-order valence-corrected chi connectivity index (χ2v) is 5.73. The van der Waals surface area contributed by atoms with E-state index in [9.17, 15) is 4.79 Å². The van der Waals surface area contributed by atoms with Gasteiger partial charge in [-0.25, -0.2) is 0 Å². The van der Waals surface area contributed by atoms with Crippen LogP contribution in [-0.4, -0.2) is 57.5 Å². The van der Waals surface area contributed by atoms with Crippen LogP contribution in [0.4, 0.5) is 0 Å². The van der Waals surface area contributed by atoms with E-state index in [0.717, 1.165) is 19.3 Å². The first-order valence-corrected chi connectivity index (χ1v) is 7.81. The highest BCUT2D eigenvalue weighted by atomic mass is 16.7. The highest BCUT2D eigenvalue weighted by Crippen LogP contribution is 2.32. The molecule has 0 aromatic carbocycles. The third-order valence-corrected chi connectivity index (χ3v) is 3.98. The summed E-state index contributed by atoms with van der Waals surface area (Å²) in [7, 11) is 1.56. The fourth-order valence-electron chi connectivity index (χ4n) is 2.56. The molecule has 0 aromatic heterocycles. The van der Waals surface area contributed by atoms with E-state index in [4.69, 9.17) is 23.7 Å². The summed E-state index contributed by atoms with van der Waals surface area (Å²) in [6, 6.07) is 0. The summed E-state index contributed by atoms with van der Waals surface area (Å²) >= 11 is 0. The zero-order valence-corrected chi connectivity index (χ0v) is 13.4. The molecule has 0 spiro atoms. The van der Waals surface area contributed by atoms with Gasteiger partial charge in [-0.2, -0.15) is 0 Å². The number of epoxide rings is 1. The van der Waals surface area contributed by atoms with Crippen LogP contribution in [0.1, 0.15) is 26.2 Å². The van der Waals surface area contributed by atoms with Gasteiger partial charge in [-0.15, -0.1) is 6.58 Å². The number of hydrogen-bond acceptors (Lipinski definition) is 6. The second kappa shape index (κ2) is 8.74. The average molecular weight is 314 g/mol. The highest BCUT2D eigenvalue weighted by Gasteiger charge is 2.51. The zero-order valence-electron chi connectivity index (χ0n) is 13.4. The van der Waals surface area contributed by atoms with E-state index in [1.54, 1.807) is 13.2 Å². The Kier molecular flexibility index (Phi) is 6.98. The van der Waals surface area contributed by atoms with Crippen LogP contribution in [0.2, 0.25) is 0 Å². The SMILES string of the molecule is C=C[C@H](C)[C@H](OCOC)[C@@H]1O[C@H]1C(=O)CO[C@@H]1CCCCO1. The van der Waals surface area contributed by atoms with Crippen LogP contribution in [0.3, 0.4) is 0 Å². The fourth-order valence-corrected chi connectivity index (χ4v) is 2.56. The lowest BCUT2D eigenvalue weighted by Crippen LogP contribution is -2.32. The standard InChI is InChI=1S/C16H26O6/c1-4-11(2)14(21-10-18-3)16-15(22-16)12(17)9-20-13-7-5-6-8-19-13/h4,11,13-16H,1,5-10H2,2-3H3/t11-,13+,14-,15-,16-/m0/s1. The molecule has 0 saturated carbocycles. The van der Waals surface area contributed by atoms with E-state index in [0.29, 0.717) is 6.61 Å². The Bertz CT molecular complexity index is 366. The van der Waals surface area contributed by atoms with Crippen LogP contribution in [0.25, 0.3) is 0 Å². The van der Waals surface area contributed by atoms with E-state index in [2.05, 4.69) is 6.58 Å². The molecule has 2 rings (SSSR count). The Morgan fingerprint density at radius 1 is 1.45 bits per heavy atom. The summed E-state index contributed by atoms with van der Waals surface area (Å²) in [5, 5.41) is 0. The summed E-state index contributed by atoms with van der Waals surface area (Å²) in [4.78, 5) is 12.1. The second-order valence-electron chi connectivity index (χ2n) is 5.73. The number of carbonyl (C=O) groups excluding carboxylic acids is 1. The van der Waals surface area contributed by atoms with Crippen molar-refractivity contribution in [1.29, 1.82) is 0 Å². The largest absolute Gasteiger partial charge is 0.359 e. The number of rotatable bonds is 10. The summed E-state index contributed by atoms with van der Waals surface area (Å²) in [6.45, 7) is 6.62. The molecule has 2 saturated heterocycles. The lowest BCUT2D eigenvalue weighted by atomic mass is 9.99. The molecule has 0 aliphatic carbocycles. The third-order valence-electron chi connectivity index (χ3n) is 3.98. The van der Waals surface area contributed by atoms with Crippen molar-refractivity contribution in [3.8, 4) is 0 Å². The molecule has 0 radical (unpaired) electrons. The van der Waals surface area contributed by atoms with Gasteiger partial charge in [-0.1, -0.05) is 13.0 Å². The molecule has 2 fully saturated rings. The van der Waals surface area contributed by atoms with Crippen LogP contribution in [0, 0.1) is 5.92 Å². The van der Waals surface area contributed by atoms with Crippen LogP contribution >= 0.6 is 0 Å². The van der Waals surface area contributed by atoms with E-state index in [1.807, 2.05) is 6.92 Å². The van der Waals surface area contributed by atoms with Gasteiger partial charge in [0.1, 0.15) is 25.6 Å². The topological polar surface area (TPSA) is 66.5 Å². The normalized spacial score (nSPS) is 30.5. The number of hydrogen-bond donors (Lipinski definition) is 0. The molecule has 0 N–H and O–H groups in total. The first-order valence-electron chi connectivity index (χ1n) is 7.81. The Labute approximate surface area is 131 Å². The first-order chi connectivity index (χ1) is 10.7. The van der Waals surface area contributed by atoms with Gasteiger partial charge in [-0.05, 0) is 19.3 Å². The molecule has 2 aliphatic rings. The highest BCUT2D eigenvalue weighted by molar-refractivity contribution is 5.87. The smallest absolute Gasteiger partial charge is 0.190 e. The predicted octanol–water partition coefficient (Wildman–Crippen LogP) is 1.68. The van der Waals surface area contributed by atoms with Gasteiger partial charge >= 0.3 is 0 Å². The van der Waals surface area contributed by atoms with E-state index >= 15 is 0 Å². The molecule has 6 heteroatoms. The monoisotopic (exact) mass is 314 g/mol. The van der Waals surface area contributed by atoms with Crippen molar-refractivity contribution in [1.82, 2.24) is 0 Å². The molecule has 22 heavy (non-hydrogen) atoms. The van der Waals surface area contributed by atoms with Gasteiger partial charge < -0.3 is 23.7 Å². The van der Waals surface area contributed by atoms with Crippen molar-refractivity contribution >= 4 is 5.78 Å². The van der Waals surface area contributed by atoms with Crippen molar-refractivity contribution in [2.45, 2.75) is 50.8 Å². The Balaban J connectivity index is 1.75. The summed E-state index contributed by atoms with van der Waals surface area (Å²) in [6.07, 6.45) is 3.54. The molecule has 2 aliphatic heterocycles. The van der Waals surface area contributed by atoms with Gasteiger partial charge in [0.05, 0.1) is 6.10 Å². The number of Topliss-reactive ketones (excluding diaryl/α,β-unsaturated/α-hetero) is 1. The van der Waals surface area contributed by atoms with Crippen molar-refractivity contribution in [3.63, 3.8) is 0 Å². The van der Waals surface area contributed by atoms with E-state index in [1.165, 1.54) is 0 Å². The number of ether oxygens (including phenoxy) is 5. The molecule has 5 atom stereocenters. The maximum atomic E-state index is 12.1. The predicted molar refractivity (Wildman–Crippen MR) is 79.3 cm³/mol. The van der Waals surface area contributed by atoms with Crippen LogP contribution < -0.4 is 0 Å². The molecule has 2 heterocycles. The quantitative estimate of drug-likeness (QED) is 0.347. The molecular formula is C16H26O6. The van der Waals surface area contributed by atoms with Crippen LogP contribution in [-0.2, 0) is 28.5 Å². The van der Waals surface area contributed by atoms with Crippen molar-refractivity contribution in [2.24, 2.45) is 5.92 Å². The molecule has 0 unspecified atom stereocenters.